The van der Waals surface area contributed by atoms with E-state index in [2.05, 4.69) is 53.3 Å². The molecule has 0 spiro atoms. The van der Waals surface area contributed by atoms with Gasteiger partial charge in [-0.3, -0.25) is 4.79 Å². The van der Waals surface area contributed by atoms with Gasteiger partial charge in [-0.25, -0.2) is 4.99 Å². The fraction of sp³-hybridized carbons (Fsp3) is 0.600. The van der Waals surface area contributed by atoms with Gasteiger partial charge in [-0.2, -0.15) is 0 Å². The van der Waals surface area contributed by atoms with Crippen molar-refractivity contribution in [2.75, 3.05) is 45.9 Å². The van der Waals surface area contributed by atoms with Crippen molar-refractivity contribution in [3.8, 4) is 0 Å². The average molecular weight is 358 g/mol. The maximum absolute atomic E-state index is 12.3. The van der Waals surface area contributed by atoms with E-state index in [1.807, 2.05) is 4.90 Å². The summed E-state index contributed by atoms with van der Waals surface area (Å²) in [5.74, 6) is 0.934. The Hall–Kier alpha value is -2.08. The number of hydrogen-bond acceptors (Lipinski definition) is 3. The van der Waals surface area contributed by atoms with Crippen molar-refractivity contribution in [3.63, 3.8) is 0 Å². The lowest BCUT2D eigenvalue weighted by atomic mass is 10.0. The number of guanidine groups is 1. The highest BCUT2D eigenvalue weighted by molar-refractivity contribution is 5.85. The molecule has 0 bridgehead atoms. The summed E-state index contributed by atoms with van der Waals surface area (Å²) in [4.78, 5) is 21.1. The predicted molar refractivity (Wildman–Crippen MR) is 103 cm³/mol. The molecule has 0 aliphatic carbocycles. The van der Waals surface area contributed by atoms with E-state index in [1.54, 1.807) is 0 Å². The second-order valence-electron chi connectivity index (χ2n) is 6.92. The van der Waals surface area contributed by atoms with E-state index in [0.29, 0.717) is 6.61 Å². The minimum Gasteiger partial charge on any atom is -0.370 e. The number of aryl methyl sites for hydroxylation is 1. The van der Waals surface area contributed by atoms with Crippen LogP contribution in [-0.4, -0.2) is 67.5 Å². The molecule has 2 saturated heterocycles. The Balaban J connectivity index is 1.67. The molecule has 3 rings (SSSR count). The van der Waals surface area contributed by atoms with Crippen LogP contribution in [0.5, 0.6) is 0 Å². The highest BCUT2D eigenvalue weighted by Crippen LogP contribution is 2.25. The minimum atomic E-state index is 0.0306. The van der Waals surface area contributed by atoms with E-state index in [9.17, 15) is 4.79 Å². The molecule has 1 amide bonds. The number of likely N-dealkylation sites (tertiary alicyclic amines) is 1. The second kappa shape index (κ2) is 9.03. The molecule has 0 radical (unpaired) electrons. The number of benzene rings is 1. The molecule has 1 atom stereocenters. The molecule has 1 aromatic carbocycles. The smallest absolute Gasteiger partial charge is 0.244 e. The molecule has 6 nitrogen and oxygen atoms in total. The number of ether oxygens (including phenoxy) is 1. The van der Waals surface area contributed by atoms with Crippen molar-refractivity contribution in [2.24, 2.45) is 4.99 Å². The Kier molecular flexibility index (Phi) is 6.50. The van der Waals surface area contributed by atoms with Crippen LogP contribution in [0.2, 0.25) is 0 Å². The van der Waals surface area contributed by atoms with E-state index < -0.39 is 0 Å². The van der Waals surface area contributed by atoms with Crippen molar-refractivity contribution in [2.45, 2.75) is 32.8 Å². The van der Waals surface area contributed by atoms with Gasteiger partial charge in [0.1, 0.15) is 12.6 Å². The average Bonchev–Trinajstić information content (AvgIpc) is 3.20. The van der Waals surface area contributed by atoms with Crippen LogP contribution >= 0.6 is 0 Å². The first-order chi connectivity index (χ1) is 12.7. The molecule has 2 aliphatic heterocycles. The third kappa shape index (κ3) is 4.55. The van der Waals surface area contributed by atoms with Gasteiger partial charge in [0.15, 0.2) is 5.96 Å². The summed E-state index contributed by atoms with van der Waals surface area (Å²) in [6.45, 7) is 9.10. The first-order valence-corrected chi connectivity index (χ1v) is 9.67. The normalized spacial score (nSPS) is 21.2. The highest BCUT2D eigenvalue weighted by atomic mass is 16.5. The number of morpholine rings is 1. The molecule has 0 saturated carbocycles. The van der Waals surface area contributed by atoms with Crippen LogP contribution < -0.4 is 5.32 Å². The molecular formula is C20H30N4O2. The monoisotopic (exact) mass is 358 g/mol. The van der Waals surface area contributed by atoms with Crippen LogP contribution in [0.3, 0.4) is 0 Å². The van der Waals surface area contributed by atoms with Crippen LogP contribution in [0.4, 0.5) is 0 Å². The van der Waals surface area contributed by atoms with Crippen LogP contribution in [0.25, 0.3) is 0 Å². The largest absolute Gasteiger partial charge is 0.370 e. The van der Waals surface area contributed by atoms with Gasteiger partial charge >= 0.3 is 0 Å². The van der Waals surface area contributed by atoms with Crippen molar-refractivity contribution in [3.05, 3.63) is 35.4 Å². The molecule has 142 valence electrons. The van der Waals surface area contributed by atoms with Gasteiger partial charge < -0.3 is 19.9 Å². The van der Waals surface area contributed by atoms with Crippen LogP contribution in [0, 0.1) is 6.92 Å². The molecule has 1 N–H and O–H groups in total. The zero-order valence-electron chi connectivity index (χ0n) is 15.9. The van der Waals surface area contributed by atoms with Gasteiger partial charge in [0.05, 0.1) is 13.2 Å². The quantitative estimate of drug-likeness (QED) is 0.660. The maximum Gasteiger partial charge on any atom is 0.244 e. The van der Waals surface area contributed by atoms with Gasteiger partial charge in [-0.05, 0) is 37.8 Å². The number of carbonyl (C=O) groups is 1. The third-order valence-corrected chi connectivity index (χ3v) is 5.06. The highest BCUT2D eigenvalue weighted by Gasteiger charge is 2.25. The fourth-order valence-electron chi connectivity index (χ4n) is 3.61. The van der Waals surface area contributed by atoms with Crippen molar-refractivity contribution in [1.82, 2.24) is 15.1 Å². The fourth-order valence-corrected chi connectivity index (χ4v) is 3.61. The molecule has 1 unspecified atom stereocenters. The molecule has 0 aromatic heterocycles. The summed E-state index contributed by atoms with van der Waals surface area (Å²) in [5, 5.41) is 3.33. The SMILES string of the molecule is CCNC(=NCC(=O)N1CCCC1)N1CCOC(c2ccccc2C)C1. The van der Waals surface area contributed by atoms with E-state index in [0.717, 1.165) is 51.5 Å². The Labute approximate surface area is 156 Å². The van der Waals surface area contributed by atoms with E-state index in [-0.39, 0.29) is 18.6 Å². The number of amides is 1. The Bertz CT molecular complexity index is 640. The lowest BCUT2D eigenvalue weighted by molar-refractivity contribution is -0.128. The molecule has 2 heterocycles. The Morgan fingerprint density at radius 1 is 1.23 bits per heavy atom. The van der Waals surface area contributed by atoms with Gasteiger partial charge in [-0.15, -0.1) is 0 Å². The van der Waals surface area contributed by atoms with Gasteiger partial charge in [0.2, 0.25) is 5.91 Å². The van der Waals surface area contributed by atoms with Crippen LogP contribution in [0.1, 0.15) is 37.0 Å². The van der Waals surface area contributed by atoms with E-state index in [4.69, 9.17) is 4.74 Å². The molecule has 6 heteroatoms. The number of aliphatic imine (C=N–C) groups is 1. The summed E-state index contributed by atoms with van der Waals surface area (Å²) in [5.41, 5.74) is 2.46. The van der Waals surface area contributed by atoms with Crippen molar-refractivity contribution in [1.29, 1.82) is 0 Å². The minimum absolute atomic E-state index is 0.0306. The second-order valence-corrected chi connectivity index (χ2v) is 6.92. The number of nitrogens with zero attached hydrogens (tertiary/aromatic N) is 3. The lowest BCUT2D eigenvalue weighted by Crippen LogP contribution is -2.48. The van der Waals surface area contributed by atoms with Crippen molar-refractivity contribution >= 4 is 11.9 Å². The summed E-state index contributed by atoms with van der Waals surface area (Å²) >= 11 is 0. The number of carbonyl (C=O) groups excluding carboxylic acids is 1. The predicted octanol–water partition coefficient (Wildman–Crippen LogP) is 1.96. The van der Waals surface area contributed by atoms with Crippen LogP contribution in [0.15, 0.2) is 29.3 Å². The summed E-state index contributed by atoms with van der Waals surface area (Å²) in [6.07, 6.45) is 2.25. The maximum atomic E-state index is 12.3. The molecule has 1 aromatic rings. The zero-order chi connectivity index (χ0) is 18.4. The number of hydrogen-bond donors (Lipinski definition) is 1. The topological polar surface area (TPSA) is 57.2 Å². The number of rotatable bonds is 4. The van der Waals surface area contributed by atoms with Gasteiger partial charge in [-0.1, -0.05) is 24.3 Å². The number of nitrogens with one attached hydrogen (secondary N) is 1. The first-order valence-electron chi connectivity index (χ1n) is 9.67. The zero-order valence-corrected chi connectivity index (χ0v) is 15.9. The lowest BCUT2D eigenvalue weighted by Gasteiger charge is -2.35. The molecular weight excluding hydrogens is 328 g/mol. The standard InChI is InChI=1S/C20H30N4O2/c1-3-21-20(22-14-19(25)23-10-6-7-11-23)24-12-13-26-18(15-24)17-9-5-4-8-16(17)2/h4-5,8-9,18H,3,6-7,10-15H2,1-2H3,(H,21,22). The van der Waals surface area contributed by atoms with Gasteiger partial charge in [0.25, 0.3) is 0 Å². The summed E-state index contributed by atoms with van der Waals surface area (Å²) in [6, 6.07) is 8.35. The Morgan fingerprint density at radius 2 is 2.00 bits per heavy atom. The van der Waals surface area contributed by atoms with E-state index >= 15 is 0 Å². The molecule has 2 aliphatic rings. The van der Waals surface area contributed by atoms with Gasteiger partial charge in [0, 0.05) is 26.2 Å². The Morgan fingerprint density at radius 3 is 2.73 bits per heavy atom. The summed E-state index contributed by atoms with van der Waals surface area (Å²) in [7, 11) is 0. The third-order valence-electron chi connectivity index (χ3n) is 5.06. The molecule has 26 heavy (non-hydrogen) atoms. The molecule has 2 fully saturated rings. The van der Waals surface area contributed by atoms with E-state index in [1.165, 1.54) is 11.1 Å². The first kappa shape index (κ1) is 18.7. The van der Waals surface area contributed by atoms with Crippen LogP contribution in [-0.2, 0) is 9.53 Å². The summed E-state index contributed by atoms with van der Waals surface area (Å²) < 4.78 is 6.01. The van der Waals surface area contributed by atoms with Crippen molar-refractivity contribution < 1.29 is 9.53 Å².